The molecule has 5 nitrogen and oxygen atoms in total. The van der Waals surface area contributed by atoms with Gasteiger partial charge in [-0.2, -0.15) is 11.3 Å². The van der Waals surface area contributed by atoms with Crippen LogP contribution in [-0.2, 0) is 17.9 Å². The molecule has 0 aliphatic carbocycles. The molecular weight excluding hydrogens is 413 g/mol. The van der Waals surface area contributed by atoms with Crippen LogP contribution in [0.2, 0.25) is 5.02 Å². The first-order chi connectivity index (χ1) is 13.9. The van der Waals surface area contributed by atoms with Crippen LogP contribution < -0.4 is 5.32 Å². The maximum atomic E-state index is 14.1. The Morgan fingerprint density at radius 3 is 2.66 bits per heavy atom. The lowest BCUT2D eigenvalue weighted by Gasteiger charge is -2.39. The second-order valence-electron chi connectivity index (χ2n) is 7.91. The standard InChI is InChI=1S/C21H23ClFN3O2S/c1-21(19(27)26(20(28)24-21)11-14-7-10-29-13-14)15-5-8-25(9-6-15)12-16-17(22)3-2-4-18(16)23/h2-4,7,10,13,15H,5-6,8-9,11-12H2,1H3,(H,24,28). The van der Waals surface area contributed by atoms with Crippen molar-refractivity contribution < 1.29 is 14.0 Å². The van der Waals surface area contributed by atoms with Crippen molar-refractivity contribution in [3.8, 4) is 0 Å². The second-order valence-corrected chi connectivity index (χ2v) is 9.09. The molecule has 3 heterocycles. The largest absolute Gasteiger partial charge is 0.325 e. The van der Waals surface area contributed by atoms with Gasteiger partial charge in [-0.15, -0.1) is 0 Å². The number of amides is 3. The molecule has 0 saturated carbocycles. The first kappa shape index (κ1) is 20.3. The van der Waals surface area contributed by atoms with Crippen LogP contribution in [0, 0.1) is 11.7 Å². The summed E-state index contributed by atoms with van der Waals surface area (Å²) >= 11 is 7.69. The fraction of sp³-hybridized carbons (Fsp3) is 0.429. The quantitative estimate of drug-likeness (QED) is 0.714. The van der Waals surface area contributed by atoms with Crippen LogP contribution in [-0.4, -0.2) is 40.4 Å². The summed E-state index contributed by atoms with van der Waals surface area (Å²) in [5.74, 6) is -0.419. The smallest absolute Gasteiger partial charge is 0.323 e. The average Bonchev–Trinajstić information content (AvgIpc) is 3.29. The van der Waals surface area contributed by atoms with Crippen molar-refractivity contribution >= 4 is 34.9 Å². The minimum absolute atomic E-state index is 0.0405. The van der Waals surface area contributed by atoms with E-state index in [1.165, 1.54) is 11.0 Å². The first-order valence-electron chi connectivity index (χ1n) is 9.69. The van der Waals surface area contributed by atoms with Crippen molar-refractivity contribution in [1.82, 2.24) is 15.1 Å². The van der Waals surface area contributed by atoms with E-state index in [1.54, 1.807) is 23.5 Å². The number of carbonyl (C=O) groups is 2. The molecular formula is C21H23ClFN3O2S. The Balaban J connectivity index is 1.40. The highest BCUT2D eigenvalue weighted by molar-refractivity contribution is 7.07. The topological polar surface area (TPSA) is 52.7 Å². The van der Waals surface area contributed by atoms with Gasteiger partial charge in [0.2, 0.25) is 0 Å². The van der Waals surface area contributed by atoms with E-state index in [4.69, 9.17) is 11.6 Å². The van der Waals surface area contributed by atoms with Crippen LogP contribution in [0.3, 0.4) is 0 Å². The Morgan fingerprint density at radius 2 is 2.00 bits per heavy atom. The molecule has 3 amide bonds. The van der Waals surface area contributed by atoms with Crippen LogP contribution in [0.25, 0.3) is 0 Å². The summed E-state index contributed by atoms with van der Waals surface area (Å²) in [6, 6.07) is 6.31. The number of benzene rings is 1. The van der Waals surface area contributed by atoms with Gasteiger partial charge in [-0.3, -0.25) is 14.6 Å². The summed E-state index contributed by atoms with van der Waals surface area (Å²) in [4.78, 5) is 29.0. The third-order valence-corrected chi connectivity index (χ3v) is 7.16. The number of rotatable bonds is 5. The Labute approximate surface area is 178 Å². The number of imide groups is 1. The molecule has 4 rings (SSSR count). The van der Waals surface area contributed by atoms with Gasteiger partial charge in [0.1, 0.15) is 11.4 Å². The number of piperidine rings is 1. The number of carbonyl (C=O) groups excluding carboxylic acids is 2. The molecule has 1 atom stereocenters. The van der Waals surface area contributed by atoms with Crippen LogP contribution in [0.5, 0.6) is 0 Å². The van der Waals surface area contributed by atoms with Gasteiger partial charge in [0.05, 0.1) is 6.54 Å². The van der Waals surface area contributed by atoms with E-state index < -0.39 is 5.54 Å². The molecule has 2 aliphatic rings. The molecule has 8 heteroatoms. The molecule has 29 heavy (non-hydrogen) atoms. The zero-order chi connectivity index (χ0) is 20.6. The number of nitrogens with zero attached hydrogens (tertiary/aromatic N) is 2. The predicted octanol–water partition coefficient (Wildman–Crippen LogP) is 4.26. The third kappa shape index (κ3) is 3.91. The minimum Gasteiger partial charge on any atom is -0.323 e. The molecule has 1 N–H and O–H groups in total. The summed E-state index contributed by atoms with van der Waals surface area (Å²) in [5, 5.41) is 7.25. The van der Waals surface area contributed by atoms with Crippen LogP contribution >= 0.6 is 22.9 Å². The molecule has 2 saturated heterocycles. The Kier molecular flexibility index (Phi) is 5.64. The molecule has 2 aliphatic heterocycles. The molecule has 0 spiro atoms. The lowest BCUT2D eigenvalue weighted by Crippen LogP contribution is -2.53. The van der Waals surface area contributed by atoms with Gasteiger partial charge in [0.25, 0.3) is 5.91 Å². The molecule has 1 aromatic carbocycles. The lowest BCUT2D eigenvalue weighted by molar-refractivity contribution is -0.133. The lowest BCUT2D eigenvalue weighted by atomic mass is 9.79. The van der Waals surface area contributed by atoms with E-state index in [-0.39, 0.29) is 23.7 Å². The molecule has 2 fully saturated rings. The van der Waals surface area contributed by atoms with Crippen molar-refractivity contribution in [3.63, 3.8) is 0 Å². The number of halogens is 2. The normalized spacial score (nSPS) is 23.6. The van der Waals surface area contributed by atoms with E-state index in [9.17, 15) is 14.0 Å². The Hall–Kier alpha value is -1.96. The summed E-state index contributed by atoms with van der Waals surface area (Å²) in [6.07, 6.45) is 1.50. The van der Waals surface area contributed by atoms with E-state index in [2.05, 4.69) is 10.2 Å². The fourth-order valence-corrected chi connectivity index (χ4v) is 5.16. The van der Waals surface area contributed by atoms with Crippen molar-refractivity contribution in [3.05, 3.63) is 57.0 Å². The minimum atomic E-state index is -0.894. The zero-order valence-corrected chi connectivity index (χ0v) is 17.7. The summed E-state index contributed by atoms with van der Waals surface area (Å²) in [7, 11) is 0. The van der Waals surface area contributed by atoms with Gasteiger partial charge in [-0.25, -0.2) is 9.18 Å². The number of nitrogens with one attached hydrogen (secondary N) is 1. The van der Waals surface area contributed by atoms with E-state index in [1.807, 2.05) is 23.8 Å². The van der Waals surface area contributed by atoms with Gasteiger partial charge in [-0.1, -0.05) is 17.7 Å². The van der Waals surface area contributed by atoms with E-state index in [0.717, 1.165) is 31.5 Å². The van der Waals surface area contributed by atoms with Gasteiger partial charge < -0.3 is 5.32 Å². The highest BCUT2D eigenvalue weighted by Gasteiger charge is 2.52. The summed E-state index contributed by atoms with van der Waals surface area (Å²) in [6.45, 7) is 4.01. The Morgan fingerprint density at radius 1 is 1.24 bits per heavy atom. The summed E-state index contributed by atoms with van der Waals surface area (Å²) < 4.78 is 14.1. The van der Waals surface area contributed by atoms with Gasteiger partial charge in [0, 0.05) is 17.1 Å². The third-order valence-electron chi connectivity index (χ3n) is 6.07. The number of hydrogen-bond acceptors (Lipinski definition) is 4. The van der Waals surface area contributed by atoms with Crippen LogP contribution in [0.1, 0.15) is 30.9 Å². The molecule has 1 unspecified atom stereocenters. The maximum absolute atomic E-state index is 14.1. The second kappa shape index (κ2) is 8.05. The molecule has 1 aromatic heterocycles. The van der Waals surface area contributed by atoms with Crippen molar-refractivity contribution in [2.75, 3.05) is 13.1 Å². The Bertz CT molecular complexity index is 894. The molecule has 0 bridgehead atoms. The maximum Gasteiger partial charge on any atom is 0.325 e. The van der Waals surface area contributed by atoms with Gasteiger partial charge in [0.15, 0.2) is 0 Å². The number of thiophene rings is 1. The summed E-state index contributed by atoms with van der Waals surface area (Å²) in [5.41, 5.74) is 0.569. The highest BCUT2D eigenvalue weighted by Crippen LogP contribution is 2.35. The predicted molar refractivity (Wildman–Crippen MR) is 111 cm³/mol. The van der Waals surface area contributed by atoms with Crippen LogP contribution in [0.4, 0.5) is 9.18 Å². The highest BCUT2D eigenvalue weighted by atomic mass is 35.5. The fourth-order valence-electron chi connectivity index (χ4n) is 4.28. The van der Waals surface area contributed by atoms with Crippen LogP contribution in [0.15, 0.2) is 35.0 Å². The van der Waals surface area contributed by atoms with Gasteiger partial charge in [-0.05, 0) is 73.3 Å². The van der Waals surface area contributed by atoms with Crippen molar-refractivity contribution in [2.45, 2.75) is 38.4 Å². The molecule has 0 radical (unpaired) electrons. The molecule has 2 aromatic rings. The van der Waals surface area contributed by atoms with E-state index in [0.29, 0.717) is 23.7 Å². The molecule has 154 valence electrons. The monoisotopic (exact) mass is 435 g/mol. The number of likely N-dealkylation sites (tertiary alicyclic amines) is 1. The SMILES string of the molecule is CC1(C2CCN(Cc3c(F)cccc3Cl)CC2)NC(=O)N(Cc2ccsc2)C1=O. The van der Waals surface area contributed by atoms with Crippen molar-refractivity contribution in [2.24, 2.45) is 5.92 Å². The number of urea groups is 1. The zero-order valence-electron chi connectivity index (χ0n) is 16.2. The van der Waals surface area contributed by atoms with E-state index >= 15 is 0 Å². The van der Waals surface area contributed by atoms with Crippen molar-refractivity contribution in [1.29, 1.82) is 0 Å². The number of hydrogen-bond donors (Lipinski definition) is 1. The average molecular weight is 436 g/mol. The van der Waals surface area contributed by atoms with Gasteiger partial charge >= 0.3 is 6.03 Å². The first-order valence-corrected chi connectivity index (χ1v) is 11.0.